The van der Waals surface area contributed by atoms with Gasteiger partial charge in [-0.05, 0) is 67.7 Å². The number of ether oxygens (including phenoxy) is 1. The molecule has 1 aromatic rings. The fourth-order valence-corrected chi connectivity index (χ4v) is 3.70. The van der Waals surface area contributed by atoms with Gasteiger partial charge >= 0.3 is 0 Å². The van der Waals surface area contributed by atoms with Crippen molar-refractivity contribution in [1.82, 2.24) is 5.32 Å². The van der Waals surface area contributed by atoms with Crippen molar-refractivity contribution in [3.05, 3.63) is 29.8 Å². The van der Waals surface area contributed by atoms with Gasteiger partial charge in [-0.3, -0.25) is 0 Å². The van der Waals surface area contributed by atoms with Gasteiger partial charge in [0.25, 0.3) is 0 Å². The molecule has 3 unspecified atom stereocenters. The van der Waals surface area contributed by atoms with Crippen molar-refractivity contribution >= 4 is 0 Å². The number of rotatable bonds is 7. The van der Waals surface area contributed by atoms with E-state index in [1.54, 1.807) is 7.11 Å². The number of benzene rings is 1. The summed E-state index contributed by atoms with van der Waals surface area (Å²) in [4.78, 5) is 0. The van der Waals surface area contributed by atoms with Gasteiger partial charge in [0.15, 0.2) is 0 Å². The number of aliphatic hydroxyl groups is 1. The van der Waals surface area contributed by atoms with Gasteiger partial charge in [-0.2, -0.15) is 0 Å². The predicted octanol–water partition coefficient (Wildman–Crippen LogP) is 3.14. The Morgan fingerprint density at radius 2 is 1.86 bits per heavy atom. The van der Waals surface area contributed by atoms with Gasteiger partial charge < -0.3 is 15.2 Å². The Kier molecular flexibility index (Phi) is 4.81. The van der Waals surface area contributed by atoms with Gasteiger partial charge in [-0.15, -0.1) is 0 Å². The van der Waals surface area contributed by atoms with Crippen LogP contribution in [0.4, 0.5) is 0 Å². The second kappa shape index (κ2) is 6.80. The van der Waals surface area contributed by atoms with Crippen LogP contribution in [0.1, 0.15) is 43.7 Å². The van der Waals surface area contributed by atoms with Crippen LogP contribution in [0.2, 0.25) is 0 Å². The summed E-state index contributed by atoms with van der Waals surface area (Å²) in [6.45, 7) is 1.39. The van der Waals surface area contributed by atoms with Crippen molar-refractivity contribution in [3.63, 3.8) is 0 Å². The summed E-state index contributed by atoms with van der Waals surface area (Å²) >= 11 is 0. The summed E-state index contributed by atoms with van der Waals surface area (Å²) in [6, 6.07) is 8.95. The summed E-state index contributed by atoms with van der Waals surface area (Å²) < 4.78 is 5.25. The third-order valence-corrected chi connectivity index (χ3v) is 5.22. The Morgan fingerprint density at radius 3 is 2.48 bits per heavy atom. The number of methoxy groups -OCH3 is 1. The molecule has 0 aliphatic heterocycles. The highest BCUT2D eigenvalue weighted by molar-refractivity contribution is 5.30. The normalized spacial score (nSPS) is 26.8. The molecule has 0 bridgehead atoms. The van der Waals surface area contributed by atoms with E-state index in [2.05, 4.69) is 29.6 Å². The summed E-state index contributed by atoms with van der Waals surface area (Å²) in [5.41, 5.74) is 1.37. The maximum absolute atomic E-state index is 9.46. The van der Waals surface area contributed by atoms with Crippen molar-refractivity contribution in [1.29, 1.82) is 0 Å². The number of hydrogen-bond acceptors (Lipinski definition) is 3. The molecule has 2 N–H and O–H groups in total. The van der Waals surface area contributed by atoms with E-state index in [0.717, 1.165) is 18.2 Å². The van der Waals surface area contributed by atoms with E-state index in [1.807, 2.05) is 0 Å². The lowest BCUT2D eigenvalue weighted by Crippen LogP contribution is -2.31. The van der Waals surface area contributed by atoms with Crippen molar-refractivity contribution in [2.75, 3.05) is 20.3 Å². The highest BCUT2D eigenvalue weighted by atomic mass is 16.5. The first-order valence-electron chi connectivity index (χ1n) is 8.30. The summed E-state index contributed by atoms with van der Waals surface area (Å²) in [6.07, 6.45) is 6.39. The molecule has 3 atom stereocenters. The molecule has 116 valence electrons. The molecule has 3 rings (SSSR count). The summed E-state index contributed by atoms with van der Waals surface area (Å²) in [7, 11) is 1.71. The molecular formula is C18H27NO2. The van der Waals surface area contributed by atoms with Crippen LogP contribution in [0, 0.1) is 17.8 Å². The highest BCUT2D eigenvalue weighted by Crippen LogP contribution is 2.42. The third-order valence-electron chi connectivity index (χ3n) is 5.22. The lowest BCUT2D eigenvalue weighted by atomic mass is 9.95. The number of hydrogen-bond donors (Lipinski definition) is 2. The molecule has 2 fully saturated rings. The molecule has 0 radical (unpaired) electrons. The Morgan fingerprint density at radius 1 is 1.14 bits per heavy atom. The van der Waals surface area contributed by atoms with Crippen LogP contribution < -0.4 is 10.1 Å². The van der Waals surface area contributed by atoms with E-state index in [-0.39, 0.29) is 0 Å². The molecule has 21 heavy (non-hydrogen) atoms. The Labute approximate surface area is 127 Å². The van der Waals surface area contributed by atoms with Gasteiger partial charge in [-0.1, -0.05) is 18.6 Å². The average molecular weight is 289 g/mol. The Hall–Kier alpha value is -1.06. The minimum atomic E-state index is 0.350. The molecule has 3 heteroatoms. The minimum Gasteiger partial charge on any atom is -0.497 e. The highest BCUT2D eigenvalue weighted by Gasteiger charge is 2.34. The van der Waals surface area contributed by atoms with Gasteiger partial charge in [0.1, 0.15) is 5.75 Å². The van der Waals surface area contributed by atoms with Crippen LogP contribution in [0.5, 0.6) is 5.75 Å². The van der Waals surface area contributed by atoms with Crippen LogP contribution in [0.15, 0.2) is 24.3 Å². The van der Waals surface area contributed by atoms with Crippen LogP contribution in [0.25, 0.3) is 0 Å². The standard InChI is InChI=1S/C18H27NO2/c1-21-17-9-7-14(8-10-17)18(13-5-6-13)19-11-15-3-2-4-16(15)12-20/h7-10,13,15-16,18-20H,2-6,11-12H2,1H3. The number of aliphatic hydroxyl groups excluding tert-OH is 1. The zero-order valence-corrected chi connectivity index (χ0v) is 12.9. The molecule has 2 aliphatic carbocycles. The first kappa shape index (κ1) is 14.9. The summed E-state index contributed by atoms with van der Waals surface area (Å²) in [5.74, 6) is 2.86. The maximum Gasteiger partial charge on any atom is 0.118 e. The van der Waals surface area contributed by atoms with E-state index in [4.69, 9.17) is 4.74 Å². The smallest absolute Gasteiger partial charge is 0.118 e. The van der Waals surface area contributed by atoms with Gasteiger partial charge in [0, 0.05) is 12.6 Å². The van der Waals surface area contributed by atoms with Crippen LogP contribution in [-0.2, 0) is 0 Å². The van der Waals surface area contributed by atoms with E-state index >= 15 is 0 Å². The maximum atomic E-state index is 9.46. The lowest BCUT2D eigenvalue weighted by molar-refractivity contribution is 0.189. The van der Waals surface area contributed by atoms with Crippen molar-refractivity contribution < 1.29 is 9.84 Å². The Balaban J connectivity index is 1.61. The lowest BCUT2D eigenvalue weighted by Gasteiger charge is -2.24. The van der Waals surface area contributed by atoms with E-state index in [1.165, 1.54) is 37.7 Å². The molecule has 3 nitrogen and oxygen atoms in total. The molecule has 0 amide bonds. The number of nitrogens with one attached hydrogen (secondary N) is 1. The molecule has 1 aromatic carbocycles. The van der Waals surface area contributed by atoms with Gasteiger partial charge in [-0.25, -0.2) is 0 Å². The largest absolute Gasteiger partial charge is 0.497 e. The van der Waals surface area contributed by atoms with Crippen LogP contribution >= 0.6 is 0 Å². The molecule has 0 heterocycles. The third kappa shape index (κ3) is 3.58. The molecule has 0 spiro atoms. The van der Waals surface area contributed by atoms with Gasteiger partial charge in [0.05, 0.1) is 7.11 Å². The van der Waals surface area contributed by atoms with Crippen molar-refractivity contribution in [2.45, 2.75) is 38.1 Å². The molecule has 2 saturated carbocycles. The zero-order valence-electron chi connectivity index (χ0n) is 12.9. The van der Waals surface area contributed by atoms with E-state index < -0.39 is 0 Å². The summed E-state index contributed by atoms with van der Waals surface area (Å²) in [5, 5.41) is 13.2. The molecule has 0 saturated heterocycles. The fraction of sp³-hybridized carbons (Fsp3) is 0.667. The second-order valence-corrected chi connectivity index (χ2v) is 6.63. The zero-order chi connectivity index (χ0) is 14.7. The van der Waals surface area contributed by atoms with Crippen molar-refractivity contribution in [2.24, 2.45) is 17.8 Å². The Bertz CT molecular complexity index is 441. The predicted molar refractivity (Wildman–Crippen MR) is 84.4 cm³/mol. The quantitative estimate of drug-likeness (QED) is 0.810. The monoisotopic (exact) mass is 289 g/mol. The second-order valence-electron chi connectivity index (χ2n) is 6.63. The molecule has 2 aliphatic rings. The first-order chi connectivity index (χ1) is 10.3. The van der Waals surface area contributed by atoms with E-state index in [9.17, 15) is 5.11 Å². The minimum absolute atomic E-state index is 0.350. The van der Waals surface area contributed by atoms with Crippen LogP contribution in [0.3, 0.4) is 0 Å². The average Bonchev–Trinajstić information content (AvgIpc) is 3.26. The van der Waals surface area contributed by atoms with Crippen LogP contribution in [-0.4, -0.2) is 25.4 Å². The molecular weight excluding hydrogens is 262 g/mol. The first-order valence-corrected chi connectivity index (χ1v) is 8.30. The SMILES string of the molecule is COc1ccc(C(NCC2CCCC2CO)C2CC2)cc1. The van der Waals surface area contributed by atoms with E-state index in [0.29, 0.717) is 24.5 Å². The van der Waals surface area contributed by atoms with Crippen molar-refractivity contribution in [3.8, 4) is 5.75 Å². The topological polar surface area (TPSA) is 41.5 Å². The molecule has 0 aromatic heterocycles. The fourth-order valence-electron chi connectivity index (χ4n) is 3.70. The van der Waals surface area contributed by atoms with Gasteiger partial charge in [0.2, 0.25) is 0 Å².